The van der Waals surface area contributed by atoms with Crippen molar-refractivity contribution >= 4 is 52.8 Å². The number of ether oxygens (including phenoxy) is 2. The number of aliphatic imine (C=N–C) groups is 1. The number of aliphatic hydroxyl groups is 3. The SMILES string of the molecule is C=CC1C[C@]1(NC(=O)[C@@H]1CC(COc2cc(/C(=C/S)N=C(C)NC(=O)CC3CCCC3)nc3cc(OC)ccc23)CN1C(=O)[C@@H](O)C(C)(C)C)C(O)O. The monoisotopic (exact) mass is 751 g/mol. The molecule has 5 N–H and O–H groups in total. The molecule has 53 heavy (non-hydrogen) atoms. The first kappa shape index (κ1) is 40.2. The van der Waals surface area contributed by atoms with Crippen LogP contribution in [0.1, 0.15) is 78.3 Å². The summed E-state index contributed by atoms with van der Waals surface area (Å²) in [7, 11) is 1.56. The van der Waals surface area contributed by atoms with E-state index in [9.17, 15) is 29.7 Å². The Bertz CT molecular complexity index is 1770. The van der Waals surface area contributed by atoms with Gasteiger partial charge < -0.3 is 40.3 Å². The summed E-state index contributed by atoms with van der Waals surface area (Å²) in [5, 5.41) is 39.0. The highest BCUT2D eigenvalue weighted by Crippen LogP contribution is 2.47. The molecule has 2 aromatic rings. The van der Waals surface area contributed by atoms with Gasteiger partial charge >= 0.3 is 0 Å². The molecule has 2 aliphatic carbocycles. The number of aliphatic hydroxyl groups excluding tert-OH is 2. The van der Waals surface area contributed by atoms with Gasteiger partial charge in [-0.25, -0.2) is 9.98 Å². The highest BCUT2D eigenvalue weighted by atomic mass is 32.1. The molecule has 5 rings (SSSR count). The zero-order chi connectivity index (χ0) is 38.7. The maximum Gasteiger partial charge on any atom is 0.252 e. The molecule has 13 nitrogen and oxygen atoms in total. The van der Waals surface area contributed by atoms with Gasteiger partial charge in [0.1, 0.15) is 29.5 Å². The van der Waals surface area contributed by atoms with Crippen molar-refractivity contribution in [3.8, 4) is 11.5 Å². The Morgan fingerprint density at radius 3 is 2.49 bits per heavy atom. The van der Waals surface area contributed by atoms with Gasteiger partial charge in [0.15, 0.2) is 6.29 Å². The van der Waals surface area contributed by atoms with Crippen molar-refractivity contribution in [3.63, 3.8) is 0 Å². The first-order valence-corrected chi connectivity index (χ1v) is 18.7. The lowest BCUT2D eigenvalue weighted by Crippen LogP contribution is -2.56. The molecule has 0 bridgehead atoms. The van der Waals surface area contributed by atoms with E-state index in [1.807, 2.05) is 6.07 Å². The summed E-state index contributed by atoms with van der Waals surface area (Å²) < 4.78 is 11.9. The number of amides is 3. The number of hydrogen-bond donors (Lipinski definition) is 6. The van der Waals surface area contributed by atoms with Crippen molar-refractivity contribution in [1.82, 2.24) is 20.5 Å². The van der Waals surface area contributed by atoms with E-state index in [1.54, 1.807) is 59.1 Å². The molecule has 2 heterocycles. The average Bonchev–Trinajstić information content (AvgIpc) is 3.39. The number of likely N-dealkylation sites (tertiary alicyclic amines) is 1. The van der Waals surface area contributed by atoms with E-state index < -0.39 is 41.2 Å². The molecule has 0 spiro atoms. The quantitative estimate of drug-likeness (QED) is 0.0580. The van der Waals surface area contributed by atoms with Gasteiger partial charge in [-0.15, -0.1) is 19.2 Å². The number of amidine groups is 1. The number of nitrogens with one attached hydrogen (secondary N) is 2. The lowest BCUT2D eigenvalue weighted by Gasteiger charge is -2.32. The molecule has 3 amide bonds. The third-order valence-corrected chi connectivity index (χ3v) is 10.8. The molecule has 3 aliphatic rings. The summed E-state index contributed by atoms with van der Waals surface area (Å²) in [6.07, 6.45) is 3.77. The third kappa shape index (κ3) is 9.22. The van der Waals surface area contributed by atoms with E-state index in [0.717, 1.165) is 25.7 Å². The largest absolute Gasteiger partial charge is 0.497 e. The predicted octanol–water partition coefficient (Wildman–Crippen LogP) is 3.96. The number of rotatable bonds is 13. The van der Waals surface area contributed by atoms with Crippen LogP contribution in [0.5, 0.6) is 11.5 Å². The fourth-order valence-corrected chi connectivity index (χ4v) is 7.52. The zero-order valence-corrected chi connectivity index (χ0v) is 32.1. The number of aromatic nitrogens is 1. The van der Waals surface area contributed by atoms with Crippen LogP contribution in [0.3, 0.4) is 0 Å². The highest BCUT2D eigenvalue weighted by Gasteiger charge is 2.59. The van der Waals surface area contributed by atoms with E-state index >= 15 is 0 Å². The van der Waals surface area contributed by atoms with Gasteiger partial charge in [0.05, 0.1) is 36.2 Å². The molecule has 1 saturated heterocycles. The summed E-state index contributed by atoms with van der Waals surface area (Å²) in [6, 6.07) is 6.13. The van der Waals surface area contributed by atoms with Gasteiger partial charge in [0, 0.05) is 42.3 Å². The van der Waals surface area contributed by atoms with Gasteiger partial charge in [-0.3, -0.25) is 14.4 Å². The first-order valence-electron chi connectivity index (χ1n) is 18.2. The van der Waals surface area contributed by atoms with Crippen molar-refractivity contribution in [2.45, 2.75) is 96.6 Å². The molecular weight excluding hydrogens is 699 g/mol. The van der Waals surface area contributed by atoms with E-state index in [-0.39, 0.29) is 37.3 Å². The number of carbonyl (C=O) groups is 3. The maximum atomic E-state index is 13.7. The Balaban J connectivity index is 1.38. The van der Waals surface area contributed by atoms with Gasteiger partial charge in [-0.1, -0.05) is 39.7 Å². The van der Waals surface area contributed by atoms with Crippen molar-refractivity contribution < 1.29 is 39.2 Å². The van der Waals surface area contributed by atoms with E-state index in [2.05, 4.69) is 34.8 Å². The summed E-state index contributed by atoms with van der Waals surface area (Å²) in [5.74, 6) is -0.0299. The Morgan fingerprint density at radius 2 is 1.89 bits per heavy atom. The number of nitrogens with zero attached hydrogens (tertiary/aromatic N) is 3. The number of thiol groups is 1. The smallest absolute Gasteiger partial charge is 0.252 e. The van der Waals surface area contributed by atoms with Crippen molar-refractivity contribution in [2.75, 3.05) is 20.3 Å². The topological polar surface area (TPSA) is 183 Å². The van der Waals surface area contributed by atoms with Crippen LogP contribution < -0.4 is 20.1 Å². The van der Waals surface area contributed by atoms with Crippen molar-refractivity contribution in [2.24, 2.45) is 28.2 Å². The van der Waals surface area contributed by atoms with Crippen LogP contribution in [-0.2, 0) is 14.4 Å². The Hall–Kier alpha value is -3.98. The minimum absolute atomic E-state index is 0.0802. The minimum Gasteiger partial charge on any atom is -0.497 e. The second kappa shape index (κ2) is 16.6. The van der Waals surface area contributed by atoms with Gasteiger partial charge in [0.25, 0.3) is 5.91 Å². The zero-order valence-electron chi connectivity index (χ0n) is 31.2. The molecule has 288 valence electrons. The van der Waals surface area contributed by atoms with Crippen molar-refractivity contribution in [3.05, 3.63) is 48.0 Å². The van der Waals surface area contributed by atoms with Crippen LogP contribution in [-0.4, -0.2) is 93.0 Å². The molecule has 14 heteroatoms. The van der Waals surface area contributed by atoms with Gasteiger partial charge in [-0.05, 0) is 61.5 Å². The third-order valence-electron chi connectivity index (χ3n) is 10.6. The minimum atomic E-state index is -1.82. The highest BCUT2D eigenvalue weighted by molar-refractivity contribution is 7.83. The number of benzene rings is 1. The van der Waals surface area contributed by atoms with E-state index in [0.29, 0.717) is 58.4 Å². The number of fused-ring (bicyclic) bond motifs is 1. The predicted molar refractivity (Wildman–Crippen MR) is 205 cm³/mol. The average molecular weight is 752 g/mol. The van der Waals surface area contributed by atoms with Crippen LogP contribution in [0.4, 0.5) is 0 Å². The number of hydrogen-bond acceptors (Lipinski definition) is 11. The number of methoxy groups -OCH3 is 1. The fourth-order valence-electron chi connectivity index (χ4n) is 7.33. The number of pyridine rings is 1. The summed E-state index contributed by atoms with van der Waals surface area (Å²) >= 11 is 4.41. The van der Waals surface area contributed by atoms with Crippen LogP contribution in [0.15, 0.2) is 47.3 Å². The molecule has 1 aliphatic heterocycles. The molecular formula is C39H53N5O8S. The molecule has 2 saturated carbocycles. The Morgan fingerprint density at radius 1 is 1.17 bits per heavy atom. The standard InChI is InChI=1S/C39H53N5O8S/c1-7-25-18-39(25,37(49)50)43-35(47)31-14-24(19-44(31)36(48)34(46)38(3,4)5)20-52-32-17-29(42-28-16-26(51-6)12-13-27(28)32)30(21-53)40-22(2)41-33(45)15-23-10-8-9-11-23/h7,12-13,16-17,21,23-25,31,34,37,46,49-50,53H,1,8-11,14-15,18-20H2,2-6H3,(H,43,47)(H,40,41,45)/b30-21-/t24?,25?,31-,34+,39+/m0/s1. The van der Waals surface area contributed by atoms with E-state index in [4.69, 9.17) is 14.5 Å². The van der Waals surface area contributed by atoms with Crippen LogP contribution >= 0.6 is 12.6 Å². The lowest BCUT2D eigenvalue weighted by molar-refractivity contribution is -0.151. The summed E-state index contributed by atoms with van der Waals surface area (Å²) in [5.41, 5.74) is -0.681. The maximum absolute atomic E-state index is 13.7. The second-order valence-electron chi connectivity index (χ2n) is 15.6. The van der Waals surface area contributed by atoms with Crippen LogP contribution in [0.25, 0.3) is 16.6 Å². The van der Waals surface area contributed by atoms with E-state index in [1.165, 1.54) is 10.3 Å². The van der Waals surface area contributed by atoms with Gasteiger partial charge in [0.2, 0.25) is 11.8 Å². The Kier molecular flexibility index (Phi) is 12.6. The van der Waals surface area contributed by atoms with Crippen LogP contribution in [0, 0.1) is 23.2 Å². The first-order chi connectivity index (χ1) is 25.1. The summed E-state index contributed by atoms with van der Waals surface area (Å²) in [4.78, 5) is 50.9. The normalized spacial score (nSPS) is 24.3. The van der Waals surface area contributed by atoms with Gasteiger partial charge in [-0.2, -0.15) is 0 Å². The molecule has 1 aromatic carbocycles. The molecule has 5 atom stereocenters. The van der Waals surface area contributed by atoms with Crippen molar-refractivity contribution in [1.29, 1.82) is 0 Å². The Labute approximate surface area is 316 Å². The second-order valence-corrected chi connectivity index (χ2v) is 15.9. The summed E-state index contributed by atoms with van der Waals surface area (Å²) in [6.45, 7) is 10.9. The molecule has 1 aromatic heterocycles. The van der Waals surface area contributed by atoms with Crippen LogP contribution in [0.2, 0.25) is 0 Å². The molecule has 2 unspecified atom stereocenters. The molecule has 3 fully saturated rings. The molecule has 0 radical (unpaired) electrons. The number of carbonyl (C=O) groups excluding carboxylic acids is 3. The lowest BCUT2D eigenvalue weighted by atomic mass is 9.88. The fraction of sp³-hybridized carbons (Fsp3) is 0.564.